The molecule has 1 aliphatic heterocycles. The Balaban J connectivity index is 1.80. The van der Waals surface area contributed by atoms with Crippen LogP contribution in [0, 0.1) is 6.92 Å². The first-order valence-electron chi connectivity index (χ1n) is 9.67. The molecule has 0 atom stereocenters. The molecule has 28 heavy (non-hydrogen) atoms. The third-order valence-corrected chi connectivity index (χ3v) is 5.15. The number of amides is 2. The zero-order chi connectivity index (χ0) is 20.1. The van der Waals surface area contributed by atoms with Crippen LogP contribution in [0.2, 0.25) is 0 Å². The Bertz CT molecular complexity index is 847. The molecular formula is C20H28N6O2. The average molecular weight is 384 g/mol. The number of carbonyl (C=O) groups is 2. The highest BCUT2D eigenvalue weighted by Gasteiger charge is 2.23. The Morgan fingerprint density at radius 2 is 2.00 bits per heavy atom. The molecule has 0 unspecified atom stereocenters. The molecule has 0 fully saturated rings. The Kier molecular flexibility index (Phi) is 6.28. The molecule has 8 heteroatoms. The highest BCUT2D eigenvalue weighted by atomic mass is 16.2. The van der Waals surface area contributed by atoms with Gasteiger partial charge in [0.1, 0.15) is 12.4 Å². The van der Waals surface area contributed by atoms with Gasteiger partial charge in [0.25, 0.3) is 5.91 Å². The summed E-state index contributed by atoms with van der Waals surface area (Å²) in [5, 5.41) is 7.47. The van der Waals surface area contributed by atoms with E-state index in [2.05, 4.69) is 15.4 Å². The number of rotatable bonds is 1. The number of aromatic nitrogens is 3. The number of nitrogens with one attached hydrogen (secondary N) is 1. The lowest BCUT2D eigenvalue weighted by Gasteiger charge is -2.26. The van der Waals surface area contributed by atoms with Crippen LogP contribution in [0.25, 0.3) is 0 Å². The summed E-state index contributed by atoms with van der Waals surface area (Å²) in [6, 6.07) is 5.94. The minimum atomic E-state index is -0.150. The fourth-order valence-corrected chi connectivity index (χ4v) is 3.24. The quantitative estimate of drug-likeness (QED) is 0.805. The van der Waals surface area contributed by atoms with Crippen molar-refractivity contribution in [1.82, 2.24) is 24.6 Å². The molecule has 0 aliphatic carbocycles. The molecule has 3 rings (SSSR count). The zero-order valence-corrected chi connectivity index (χ0v) is 16.8. The van der Waals surface area contributed by atoms with E-state index in [1.54, 1.807) is 34.8 Å². The van der Waals surface area contributed by atoms with Crippen LogP contribution < -0.4 is 5.32 Å². The molecule has 150 valence electrons. The van der Waals surface area contributed by atoms with E-state index in [-0.39, 0.29) is 18.4 Å². The van der Waals surface area contributed by atoms with E-state index in [4.69, 9.17) is 0 Å². The molecule has 2 bridgehead atoms. The van der Waals surface area contributed by atoms with E-state index >= 15 is 0 Å². The van der Waals surface area contributed by atoms with Gasteiger partial charge in [0.2, 0.25) is 5.91 Å². The topological polar surface area (TPSA) is 83.4 Å². The monoisotopic (exact) mass is 384 g/mol. The van der Waals surface area contributed by atoms with Crippen molar-refractivity contribution >= 4 is 17.6 Å². The third kappa shape index (κ3) is 4.68. The molecule has 8 nitrogen and oxygen atoms in total. The molecular weight excluding hydrogens is 356 g/mol. The first kappa shape index (κ1) is 19.9. The van der Waals surface area contributed by atoms with Crippen molar-refractivity contribution < 1.29 is 9.59 Å². The number of anilines is 1. The molecule has 0 saturated heterocycles. The van der Waals surface area contributed by atoms with E-state index in [9.17, 15) is 9.59 Å². The van der Waals surface area contributed by atoms with Gasteiger partial charge < -0.3 is 15.1 Å². The summed E-state index contributed by atoms with van der Waals surface area (Å²) in [6.07, 6.45) is 3.87. The number of pyridine rings is 1. The minimum absolute atomic E-state index is 0.0522. The SMILES string of the molecule is Cc1c(C(=O)N2CCCc3cccc(n3)NCCCN(C)C(=O)C2)cnn1C. The Morgan fingerprint density at radius 1 is 1.18 bits per heavy atom. The lowest BCUT2D eigenvalue weighted by atomic mass is 10.1. The molecule has 0 radical (unpaired) electrons. The molecule has 2 aromatic heterocycles. The van der Waals surface area contributed by atoms with Gasteiger partial charge in [-0.2, -0.15) is 5.10 Å². The lowest BCUT2D eigenvalue weighted by molar-refractivity contribution is -0.130. The summed E-state index contributed by atoms with van der Waals surface area (Å²) >= 11 is 0. The van der Waals surface area contributed by atoms with Crippen molar-refractivity contribution in [3.05, 3.63) is 41.3 Å². The number of carbonyl (C=O) groups excluding carboxylic acids is 2. The number of aryl methyl sites for hydroxylation is 2. The number of fused-ring (bicyclic) bond motifs is 2. The summed E-state index contributed by atoms with van der Waals surface area (Å²) in [6.45, 7) is 3.79. The number of likely N-dealkylation sites (N-methyl/N-ethyl adjacent to an activating group) is 1. The summed E-state index contributed by atoms with van der Waals surface area (Å²) in [7, 11) is 3.59. The summed E-state index contributed by atoms with van der Waals surface area (Å²) in [5.74, 6) is 0.647. The maximum Gasteiger partial charge on any atom is 0.257 e. The van der Waals surface area contributed by atoms with Gasteiger partial charge in [-0.25, -0.2) is 4.98 Å². The van der Waals surface area contributed by atoms with Crippen LogP contribution >= 0.6 is 0 Å². The average Bonchev–Trinajstić information content (AvgIpc) is 3.02. The van der Waals surface area contributed by atoms with Crippen LogP contribution in [-0.4, -0.2) is 69.6 Å². The minimum Gasteiger partial charge on any atom is -0.370 e. The van der Waals surface area contributed by atoms with Crippen molar-refractivity contribution in [2.45, 2.75) is 26.2 Å². The van der Waals surface area contributed by atoms with Gasteiger partial charge in [-0.15, -0.1) is 0 Å². The van der Waals surface area contributed by atoms with Crippen molar-refractivity contribution in [2.75, 3.05) is 38.5 Å². The van der Waals surface area contributed by atoms with Crippen molar-refractivity contribution in [2.24, 2.45) is 7.05 Å². The Hall–Kier alpha value is -2.90. The maximum atomic E-state index is 13.1. The second-order valence-corrected chi connectivity index (χ2v) is 7.21. The first-order chi connectivity index (χ1) is 13.5. The van der Waals surface area contributed by atoms with Gasteiger partial charge in [0, 0.05) is 45.1 Å². The van der Waals surface area contributed by atoms with Gasteiger partial charge in [-0.05, 0) is 38.3 Å². The fourth-order valence-electron chi connectivity index (χ4n) is 3.24. The molecule has 2 amide bonds. The van der Waals surface area contributed by atoms with Crippen LogP contribution in [0.1, 0.15) is 34.6 Å². The normalized spacial score (nSPS) is 16.5. The predicted molar refractivity (Wildman–Crippen MR) is 107 cm³/mol. The van der Waals surface area contributed by atoms with Crippen LogP contribution in [-0.2, 0) is 18.3 Å². The Labute approximate surface area is 165 Å². The molecule has 2 aromatic rings. The molecule has 3 heterocycles. The van der Waals surface area contributed by atoms with Gasteiger partial charge in [-0.1, -0.05) is 6.07 Å². The van der Waals surface area contributed by atoms with E-state index in [1.165, 1.54) is 0 Å². The third-order valence-electron chi connectivity index (χ3n) is 5.15. The van der Waals surface area contributed by atoms with E-state index in [0.717, 1.165) is 43.0 Å². The maximum absolute atomic E-state index is 13.1. The predicted octanol–water partition coefficient (Wildman–Crippen LogP) is 1.47. The highest BCUT2D eigenvalue weighted by molar-refractivity contribution is 5.97. The molecule has 1 N–H and O–H groups in total. The Morgan fingerprint density at radius 3 is 2.75 bits per heavy atom. The van der Waals surface area contributed by atoms with Crippen LogP contribution in [0.5, 0.6) is 0 Å². The van der Waals surface area contributed by atoms with Crippen molar-refractivity contribution in [3.63, 3.8) is 0 Å². The van der Waals surface area contributed by atoms with E-state index in [1.807, 2.05) is 25.1 Å². The number of hydrogen-bond donors (Lipinski definition) is 1. The summed E-state index contributed by atoms with van der Waals surface area (Å²) < 4.78 is 1.67. The van der Waals surface area contributed by atoms with Crippen LogP contribution in [0.4, 0.5) is 5.82 Å². The largest absolute Gasteiger partial charge is 0.370 e. The van der Waals surface area contributed by atoms with E-state index in [0.29, 0.717) is 18.7 Å². The number of nitrogens with zero attached hydrogens (tertiary/aromatic N) is 5. The molecule has 0 saturated carbocycles. The van der Waals surface area contributed by atoms with E-state index < -0.39 is 0 Å². The highest BCUT2D eigenvalue weighted by Crippen LogP contribution is 2.13. The second-order valence-electron chi connectivity index (χ2n) is 7.21. The van der Waals surface area contributed by atoms with Crippen molar-refractivity contribution in [1.29, 1.82) is 0 Å². The zero-order valence-electron chi connectivity index (χ0n) is 16.8. The van der Waals surface area contributed by atoms with Gasteiger partial charge in [-0.3, -0.25) is 14.3 Å². The van der Waals surface area contributed by atoms with Gasteiger partial charge in [0.15, 0.2) is 0 Å². The summed E-state index contributed by atoms with van der Waals surface area (Å²) in [4.78, 5) is 33.7. The standard InChI is InChI=1S/C20H28N6O2/c1-15-17(13-22-25(15)3)20(28)26-12-5-8-16-7-4-9-18(23-16)21-10-6-11-24(2)19(27)14-26/h4,7,9,13H,5-6,8,10-12,14H2,1-3H3,(H,21,23). The molecule has 0 aromatic carbocycles. The lowest BCUT2D eigenvalue weighted by Crippen LogP contribution is -2.42. The molecule has 0 spiro atoms. The fraction of sp³-hybridized carbons (Fsp3) is 0.500. The van der Waals surface area contributed by atoms with Gasteiger partial charge in [0.05, 0.1) is 11.8 Å². The summed E-state index contributed by atoms with van der Waals surface area (Å²) in [5.41, 5.74) is 2.32. The smallest absolute Gasteiger partial charge is 0.257 e. The van der Waals surface area contributed by atoms with Crippen LogP contribution in [0.3, 0.4) is 0 Å². The van der Waals surface area contributed by atoms with Crippen molar-refractivity contribution in [3.8, 4) is 0 Å². The number of hydrogen-bond acceptors (Lipinski definition) is 5. The van der Waals surface area contributed by atoms with Crippen LogP contribution in [0.15, 0.2) is 24.4 Å². The first-order valence-corrected chi connectivity index (χ1v) is 9.67. The van der Waals surface area contributed by atoms with Gasteiger partial charge >= 0.3 is 0 Å². The second kappa shape index (κ2) is 8.86. The molecule has 1 aliphatic rings.